The van der Waals surface area contributed by atoms with E-state index in [9.17, 15) is 9.90 Å². The van der Waals surface area contributed by atoms with Crippen LogP contribution in [0.25, 0.3) is 11.8 Å². The Morgan fingerprint density at radius 2 is 2.08 bits per heavy atom. The number of aromatic hydroxyl groups is 1. The van der Waals surface area contributed by atoms with Gasteiger partial charge in [-0.1, -0.05) is 32.9 Å². The lowest BCUT2D eigenvalue weighted by molar-refractivity contribution is -0.107. The quantitative estimate of drug-likeness (QED) is 0.875. The molecule has 0 unspecified atom stereocenters. The fourth-order valence-corrected chi connectivity index (χ4v) is 2.95. The molecule has 5 nitrogen and oxygen atoms in total. The van der Waals surface area contributed by atoms with E-state index in [1.165, 1.54) is 4.80 Å². The van der Waals surface area contributed by atoms with Gasteiger partial charge in [0.25, 0.3) is 0 Å². The molecule has 2 aromatic rings. The third kappa shape index (κ3) is 3.11. The van der Waals surface area contributed by atoms with E-state index < -0.39 is 0 Å². The minimum atomic E-state index is -0.220. The second-order valence-electron chi connectivity index (χ2n) is 7.23. The molecule has 0 saturated carbocycles. The first kappa shape index (κ1) is 16.4. The molecule has 3 rings (SSSR count). The third-order valence-corrected chi connectivity index (χ3v) is 4.26. The molecular formula is C19H23N3O2. The summed E-state index contributed by atoms with van der Waals surface area (Å²) in [5, 5.41) is 19.9. The van der Waals surface area contributed by atoms with Gasteiger partial charge in [0.1, 0.15) is 23.4 Å². The van der Waals surface area contributed by atoms with E-state index in [0.717, 1.165) is 41.6 Å². The van der Waals surface area contributed by atoms with E-state index in [-0.39, 0.29) is 11.2 Å². The molecule has 5 heteroatoms. The number of aromatic nitrogens is 3. The lowest BCUT2D eigenvalue weighted by Crippen LogP contribution is -2.14. The van der Waals surface area contributed by atoms with Crippen LogP contribution in [-0.2, 0) is 23.1 Å². The lowest BCUT2D eigenvalue weighted by atomic mass is 9.84. The summed E-state index contributed by atoms with van der Waals surface area (Å²) in [6.45, 7) is 6.17. The molecule has 0 saturated heterocycles. The summed E-state index contributed by atoms with van der Waals surface area (Å²) in [6.07, 6.45) is 7.90. The number of hydrogen-bond donors (Lipinski definition) is 1. The van der Waals surface area contributed by atoms with Gasteiger partial charge in [0.05, 0.1) is 5.69 Å². The van der Waals surface area contributed by atoms with Crippen molar-refractivity contribution in [2.45, 2.75) is 51.9 Å². The number of aldehydes is 1. The summed E-state index contributed by atoms with van der Waals surface area (Å²) in [4.78, 5) is 12.3. The topological polar surface area (TPSA) is 68.0 Å². The van der Waals surface area contributed by atoms with Crippen LogP contribution in [0.2, 0.25) is 0 Å². The Balaban J connectivity index is 2.13. The van der Waals surface area contributed by atoms with Crippen molar-refractivity contribution < 1.29 is 9.90 Å². The summed E-state index contributed by atoms with van der Waals surface area (Å²) in [5.41, 5.74) is 4.01. The number of nitrogens with zero attached hydrogens (tertiary/aromatic N) is 3. The minimum Gasteiger partial charge on any atom is -0.505 e. The van der Waals surface area contributed by atoms with Crippen LogP contribution >= 0.6 is 0 Å². The fourth-order valence-electron chi connectivity index (χ4n) is 2.95. The molecule has 0 atom stereocenters. The molecule has 1 aliphatic rings. The third-order valence-electron chi connectivity index (χ3n) is 4.26. The molecule has 0 spiro atoms. The second kappa shape index (κ2) is 6.23. The molecule has 0 radical (unpaired) electrons. The highest BCUT2D eigenvalue weighted by Gasteiger charge is 2.23. The highest BCUT2D eigenvalue weighted by Crippen LogP contribution is 2.36. The molecular weight excluding hydrogens is 302 g/mol. The van der Waals surface area contributed by atoms with E-state index in [1.54, 1.807) is 0 Å². The van der Waals surface area contributed by atoms with Crippen molar-refractivity contribution in [2.75, 3.05) is 0 Å². The smallest absolute Gasteiger partial charge is 0.146 e. The number of rotatable bonds is 4. The zero-order valence-corrected chi connectivity index (χ0v) is 14.4. The first-order valence-corrected chi connectivity index (χ1v) is 8.33. The number of carbonyl (C=O) groups excluding carboxylic acids is 1. The number of hydrogen-bond acceptors (Lipinski definition) is 4. The number of aryl methyl sites for hydroxylation is 2. The maximum absolute atomic E-state index is 10.8. The number of allylic oxidation sites excluding steroid dienone is 1. The van der Waals surface area contributed by atoms with Gasteiger partial charge < -0.3 is 9.90 Å². The average molecular weight is 325 g/mol. The van der Waals surface area contributed by atoms with Gasteiger partial charge >= 0.3 is 0 Å². The molecule has 24 heavy (non-hydrogen) atoms. The molecule has 1 N–H and O–H groups in total. The Morgan fingerprint density at radius 3 is 2.75 bits per heavy atom. The van der Waals surface area contributed by atoms with Crippen LogP contribution in [0.1, 0.15) is 56.1 Å². The molecule has 0 aliphatic heterocycles. The molecule has 1 aliphatic carbocycles. The maximum atomic E-state index is 10.8. The van der Waals surface area contributed by atoms with E-state index in [0.29, 0.717) is 18.5 Å². The Hall–Kier alpha value is -2.43. The normalized spacial score (nSPS) is 13.8. The van der Waals surface area contributed by atoms with E-state index in [1.807, 2.05) is 18.2 Å². The van der Waals surface area contributed by atoms with Crippen molar-refractivity contribution in [2.24, 2.45) is 0 Å². The molecule has 1 aromatic heterocycles. The second-order valence-corrected chi connectivity index (χ2v) is 7.23. The van der Waals surface area contributed by atoms with Crippen LogP contribution in [0, 0.1) is 0 Å². The first-order valence-electron chi connectivity index (χ1n) is 8.33. The molecule has 0 fully saturated rings. The lowest BCUT2D eigenvalue weighted by Gasteiger charge is -2.23. The van der Waals surface area contributed by atoms with Crippen LogP contribution in [0.5, 0.6) is 5.75 Å². The Kier molecular flexibility index (Phi) is 4.26. The Labute approximate surface area is 142 Å². The molecule has 0 amide bonds. The van der Waals surface area contributed by atoms with Gasteiger partial charge in [-0.05, 0) is 42.4 Å². The summed E-state index contributed by atoms with van der Waals surface area (Å²) >= 11 is 0. The SMILES string of the molecule is CC(C)(C)c1cc(CCC=O)cc(-n2nc3c(n2)CCC=C3)c1O. The zero-order chi connectivity index (χ0) is 17.3. The highest BCUT2D eigenvalue weighted by atomic mass is 16.3. The predicted molar refractivity (Wildman–Crippen MR) is 93.5 cm³/mol. The van der Waals surface area contributed by atoms with Crippen LogP contribution in [0.15, 0.2) is 18.2 Å². The number of phenolic OH excluding ortho intramolecular Hbond substituents is 1. The van der Waals surface area contributed by atoms with Gasteiger partial charge in [0.15, 0.2) is 0 Å². The first-order chi connectivity index (χ1) is 11.4. The summed E-state index contributed by atoms with van der Waals surface area (Å²) in [5.74, 6) is 0.202. The number of carbonyl (C=O) groups is 1. The highest BCUT2D eigenvalue weighted by molar-refractivity contribution is 5.57. The van der Waals surface area contributed by atoms with Gasteiger partial charge in [-0.15, -0.1) is 9.90 Å². The minimum absolute atomic E-state index is 0.202. The fraction of sp³-hybridized carbons (Fsp3) is 0.421. The van der Waals surface area contributed by atoms with Crippen molar-refractivity contribution in [3.63, 3.8) is 0 Å². The van der Waals surface area contributed by atoms with Crippen molar-refractivity contribution in [1.29, 1.82) is 0 Å². The Bertz CT molecular complexity index is 798. The van der Waals surface area contributed by atoms with Gasteiger partial charge in [-0.3, -0.25) is 0 Å². The van der Waals surface area contributed by atoms with Crippen LogP contribution in [0.4, 0.5) is 0 Å². The molecule has 1 heterocycles. The molecule has 0 bridgehead atoms. The van der Waals surface area contributed by atoms with Crippen molar-refractivity contribution in [3.05, 3.63) is 40.7 Å². The zero-order valence-electron chi connectivity index (χ0n) is 14.4. The number of phenols is 1. The van der Waals surface area contributed by atoms with Crippen LogP contribution in [0.3, 0.4) is 0 Å². The van der Waals surface area contributed by atoms with Gasteiger partial charge in [0.2, 0.25) is 0 Å². The van der Waals surface area contributed by atoms with E-state index >= 15 is 0 Å². The summed E-state index contributed by atoms with van der Waals surface area (Å²) < 4.78 is 0. The van der Waals surface area contributed by atoms with Gasteiger partial charge in [0, 0.05) is 12.0 Å². The van der Waals surface area contributed by atoms with Crippen LogP contribution in [-0.4, -0.2) is 26.4 Å². The number of benzene rings is 1. The van der Waals surface area contributed by atoms with Gasteiger partial charge in [-0.25, -0.2) is 0 Å². The number of fused-ring (bicyclic) bond motifs is 1. The Morgan fingerprint density at radius 1 is 1.29 bits per heavy atom. The monoisotopic (exact) mass is 325 g/mol. The van der Waals surface area contributed by atoms with Crippen LogP contribution < -0.4 is 0 Å². The maximum Gasteiger partial charge on any atom is 0.146 e. The molecule has 126 valence electrons. The van der Waals surface area contributed by atoms with Crippen molar-refractivity contribution >= 4 is 12.4 Å². The summed E-state index contributed by atoms with van der Waals surface area (Å²) in [7, 11) is 0. The van der Waals surface area contributed by atoms with Gasteiger partial charge in [-0.2, -0.15) is 5.10 Å². The largest absolute Gasteiger partial charge is 0.505 e. The van der Waals surface area contributed by atoms with E-state index in [4.69, 9.17) is 0 Å². The molecule has 1 aromatic carbocycles. The average Bonchev–Trinajstić information content (AvgIpc) is 2.96. The van der Waals surface area contributed by atoms with E-state index in [2.05, 4.69) is 37.0 Å². The van der Waals surface area contributed by atoms with Crippen molar-refractivity contribution in [1.82, 2.24) is 15.0 Å². The van der Waals surface area contributed by atoms with Crippen molar-refractivity contribution in [3.8, 4) is 11.4 Å². The standard InChI is InChI=1S/C19H23N3O2/c1-19(2,3)14-11-13(7-6-10-23)12-17(18(14)24)22-20-15-8-4-5-9-16(15)21-22/h4,8,10-12,24H,5-7,9H2,1-3H3. The summed E-state index contributed by atoms with van der Waals surface area (Å²) in [6, 6.07) is 3.86. The predicted octanol–water partition coefficient (Wildman–Crippen LogP) is 3.36.